The summed E-state index contributed by atoms with van der Waals surface area (Å²) in [5.41, 5.74) is 5.25. The van der Waals surface area contributed by atoms with Gasteiger partial charge in [0, 0.05) is 18.3 Å². The van der Waals surface area contributed by atoms with Crippen LogP contribution in [-0.4, -0.2) is 55.8 Å². The van der Waals surface area contributed by atoms with E-state index in [-0.39, 0.29) is 18.1 Å². The molecule has 0 saturated heterocycles. The van der Waals surface area contributed by atoms with Gasteiger partial charge in [-0.3, -0.25) is 10.2 Å². The topological polar surface area (TPSA) is 160 Å². The van der Waals surface area contributed by atoms with Crippen molar-refractivity contribution >= 4 is 29.8 Å². The number of nitrogens with one attached hydrogen (secondary N) is 4. The van der Waals surface area contributed by atoms with E-state index in [0.717, 1.165) is 5.56 Å². The Morgan fingerprint density at radius 2 is 1.89 bits per heavy atom. The number of nitrogens with zero attached hydrogens (tertiary/aromatic N) is 1. The molecule has 38 heavy (non-hydrogen) atoms. The van der Waals surface area contributed by atoms with Crippen molar-refractivity contribution in [1.29, 1.82) is 0 Å². The first-order valence-electron chi connectivity index (χ1n) is 11.8. The number of esters is 1. The lowest BCUT2D eigenvalue weighted by Crippen LogP contribution is -2.45. The Bertz CT molecular complexity index is 1230. The predicted molar refractivity (Wildman–Crippen MR) is 140 cm³/mol. The number of urea groups is 1. The number of allylic oxidation sites excluding steroid dienone is 1. The number of hydrogen-bond donors (Lipinski definition) is 5. The molecular weight excluding hydrogens is 494 g/mol. The summed E-state index contributed by atoms with van der Waals surface area (Å²) < 4.78 is 16.3. The van der Waals surface area contributed by atoms with Crippen LogP contribution in [0.5, 0.6) is 11.5 Å². The van der Waals surface area contributed by atoms with Gasteiger partial charge in [-0.05, 0) is 49.2 Å². The highest BCUT2D eigenvalue weighted by atomic mass is 16.5. The molecule has 5 N–H and O–H groups in total. The fourth-order valence-corrected chi connectivity index (χ4v) is 3.68. The summed E-state index contributed by atoms with van der Waals surface area (Å²) in [6.45, 7) is 5.05. The van der Waals surface area contributed by atoms with Gasteiger partial charge in [-0.2, -0.15) is 5.10 Å². The molecule has 0 radical (unpaired) electrons. The molecule has 1 aliphatic rings. The molecular formula is C26H31N5O7. The van der Waals surface area contributed by atoms with Crippen LogP contribution in [0.1, 0.15) is 37.9 Å². The fourth-order valence-electron chi connectivity index (χ4n) is 3.68. The van der Waals surface area contributed by atoms with E-state index >= 15 is 0 Å². The lowest BCUT2D eigenvalue weighted by molar-refractivity contribution is -0.136. The molecule has 1 aliphatic heterocycles. The number of amides is 3. The summed E-state index contributed by atoms with van der Waals surface area (Å²) in [4.78, 5) is 35.5. The number of aliphatic hydroxyl groups is 1. The van der Waals surface area contributed by atoms with Crippen LogP contribution in [0.3, 0.4) is 0 Å². The minimum absolute atomic E-state index is 0.144. The number of hydrogen-bond acceptors (Lipinski definition) is 9. The zero-order valence-electron chi connectivity index (χ0n) is 21.5. The first-order valence-corrected chi connectivity index (χ1v) is 11.8. The van der Waals surface area contributed by atoms with Crippen molar-refractivity contribution in [1.82, 2.24) is 16.1 Å². The summed E-state index contributed by atoms with van der Waals surface area (Å²) in [6.07, 6.45) is 0.391. The zero-order valence-corrected chi connectivity index (χ0v) is 21.5. The average molecular weight is 526 g/mol. The number of hydrazone groups is 1. The van der Waals surface area contributed by atoms with Crippen molar-refractivity contribution < 1.29 is 33.7 Å². The van der Waals surface area contributed by atoms with Crippen molar-refractivity contribution in [2.75, 3.05) is 25.6 Å². The maximum absolute atomic E-state index is 12.4. The van der Waals surface area contributed by atoms with Crippen LogP contribution in [0, 0.1) is 0 Å². The maximum atomic E-state index is 12.4. The van der Waals surface area contributed by atoms with Gasteiger partial charge in [-0.1, -0.05) is 18.2 Å². The molecule has 2 aromatic carbocycles. The Hall–Kier alpha value is -4.58. The van der Waals surface area contributed by atoms with Crippen molar-refractivity contribution in [3.8, 4) is 11.5 Å². The SMILES string of the molecule is CCOc1cc([C@H]2NC(=O)NC(C)=C2C(=O)OC)ccc1OC[C@@H](O)N/N=C\c1ccc(NC(C)=O)cc1. The monoisotopic (exact) mass is 525 g/mol. The van der Waals surface area contributed by atoms with Gasteiger partial charge in [-0.25, -0.2) is 9.59 Å². The molecule has 0 spiro atoms. The summed E-state index contributed by atoms with van der Waals surface area (Å²) in [5, 5.41) is 22.2. The van der Waals surface area contributed by atoms with Crippen molar-refractivity contribution in [2.45, 2.75) is 33.0 Å². The van der Waals surface area contributed by atoms with E-state index < -0.39 is 24.3 Å². The number of aliphatic hydroxyl groups excluding tert-OH is 1. The summed E-state index contributed by atoms with van der Waals surface area (Å²) in [6, 6.07) is 10.8. The fraction of sp³-hybridized carbons (Fsp3) is 0.308. The Morgan fingerprint density at radius 1 is 1.16 bits per heavy atom. The van der Waals surface area contributed by atoms with Crippen molar-refractivity contribution in [2.24, 2.45) is 5.10 Å². The van der Waals surface area contributed by atoms with Gasteiger partial charge >= 0.3 is 12.0 Å². The van der Waals surface area contributed by atoms with E-state index in [1.54, 1.807) is 56.3 Å². The number of rotatable bonds is 11. The highest BCUT2D eigenvalue weighted by Crippen LogP contribution is 2.34. The standard InChI is InChI=1S/C26H31N5O7/c1-5-37-21-12-18(24-23(25(34)36-4)15(2)28-26(35)30-24)8-11-20(21)38-14-22(33)31-27-13-17-6-9-19(10-7-17)29-16(3)32/h6-13,22,24,31,33H,5,14H2,1-4H3,(H,29,32)(H2,28,30,35)/b27-13-/t22-,24-/m1/s1. The minimum atomic E-state index is -1.13. The van der Waals surface area contributed by atoms with Crippen LogP contribution in [0.25, 0.3) is 0 Å². The summed E-state index contributed by atoms with van der Waals surface area (Å²) >= 11 is 0. The van der Waals surface area contributed by atoms with Crippen LogP contribution in [0.15, 0.2) is 58.8 Å². The minimum Gasteiger partial charge on any atom is -0.490 e. The van der Waals surface area contributed by atoms with Crippen molar-refractivity contribution in [3.05, 3.63) is 64.9 Å². The Kier molecular flexibility index (Phi) is 9.66. The largest absolute Gasteiger partial charge is 0.490 e. The molecule has 12 heteroatoms. The third-order valence-corrected chi connectivity index (χ3v) is 5.34. The molecule has 12 nitrogen and oxygen atoms in total. The normalized spacial score (nSPS) is 15.8. The number of carbonyl (C=O) groups is 3. The smallest absolute Gasteiger partial charge is 0.337 e. The maximum Gasteiger partial charge on any atom is 0.337 e. The molecule has 0 unspecified atom stereocenters. The highest BCUT2D eigenvalue weighted by molar-refractivity contribution is 5.95. The third kappa shape index (κ3) is 7.46. The second-order valence-corrected chi connectivity index (χ2v) is 8.22. The molecule has 0 aliphatic carbocycles. The Morgan fingerprint density at radius 3 is 2.55 bits per heavy atom. The van der Waals surface area contributed by atoms with Gasteiger partial charge in [0.1, 0.15) is 6.61 Å². The molecule has 0 aromatic heterocycles. The number of methoxy groups -OCH3 is 1. The molecule has 2 atom stereocenters. The number of benzene rings is 2. The van der Waals surface area contributed by atoms with E-state index in [1.165, 1.54) is 20.2 Å². The number of ether oxygens (including phenoxy) is 3. The third-order valence-electron chi connectivity index (χ3n) is 5.34. The Balaban J connectivity index is 1.65. The molecule has 1 heterocycles. The van der Waals surface area contributed by atoms with Gasteiger partial charge in [0.05, 0.1) is 31.5 Å². The number of anilines is 1. The van der Waals surface area contributed by atoms with E-state index in [1.807, 2.05) is 0 Å². The van der Waals surface area contributed by atoms with Crippen LogP contribution in [0.4, 0.5) is 10.5 Å². The first-order chi connectivity index (χ1) is 18.2. The average Bonchev–Trinajstić information content (AvgIpc) is 2.88. The van der Waals surface area contributed by atoms with Crippen LogP contribution in [-0.2, 0) is 14.3 Å². The lowest BCUT2D eigenvalue weighted by atomic mass is 9.95. The van der Waals surface area contributed by atoms with Gasteiger partial charge in [0.2, 0.25) is 5.91 Å². The summed E-state index contributed by atoms with van der Waals surface area (Å²) in [5.74, 6) is -0.00448. The molecule has 202 valence electrons. The van der Waals surface area contributed by atoms with Gasteiger partial charge in [0.15, 0.2) is 17.7 Å². The van der Waals surface area contributed by atoms with Gasteiger partial charge in [0.25, 0.3) is 0 Å². The van der Waals surface area contributed by atoms with Crippen LogP contribution >= 0.6 is 0 Å². The highest BCUT2D eigenvalue weighted by Gasteiger charge is 2.32. The zero-order chi connectivity index (χ0) is 27.7. The molecule has 0 bridgehead atoms. The van der Waals surface area contributed by atoms with E-state index in [2.05, 4.69) is 26.5 Å². The van der Waals surface area contributed by atoms with E-state index in [4.69, 9.17) is 14.2 Å². The van der Waals surface area contributed by atoms with Crippen molar-refractivity contribution in [3.63, 3.8) is 0 Å². The Labute approximate surface area is 220 Å². The lowest BCUT2D eigenvalue weighted by Gasteiger charge is -2.28. The quantitative estimate of drug-likeness (QED) is 0.129. The van der Waals surface area contributed by atoms with Gasteiger partial charge < -0.3 is 35.3 Å². The first kappa shape index (κ1) is 28.0. The molecule has 3 rings (SSSR count). The molecule has 0 fully saturated rings. The number of carbonyl (C=O) groups excluding carboxylic acids is 3. The molecule has 3 amide bonds. The second kappa shape index (κ2) is 13.1. The predicted octanol–water partition coefficient (Wildman–Crippen LogP) is 2.17. The molecule has 2 aromatic rings. The van der Waals surface area contributed by atoms with Crippen LogP contribution < -0.4 is 30.8 Å². The molecule has 0 saturated carbocycles. The van der Waals surface area contributed by atoms with Gasteiger partial charge in [-0.15, -0.1) is 0 Å². The second-order valence-electron chi connectivity index (χ2n) is 8.22. The van der Waals surface area contributed by atoms with Crippen LogP contribution in [0.2, 0.25) is 0 Å². The van der Waals surface area contributed by atoms with E-state index in [0.29, 0.717) is 35.1 Å². The van der Waals surface area contributed by atoms with E-state index in [9.17, 15) is 19.5 Å². The summed E-state index contributed by atoms with van der Waals surface area (Å²) in [7, 11) is 1.27.